The molecule has 0 N–H and O–H groups in total. The highest BCUT2D eigenvalue weighted by Crippen LogP contribution is 2.31. The smallest absolute Gasteiger partial charge is 0.153 e. The highest BCUT2D eigenvalue weighted by molar-refractivity contribution is 9.10. The molecule has 0 bridgehead atoms. The summed E-state index contributed by atoms with van der Waals surface area (Å²) in [5.74, 6) is 0. The zero-order valence-electron chi connectivity index (χ0n) is 9.65. The Morgan fingerprint density at radius 3 is 2.74 bits per heavy atom. The van der Waals surface area contributed by atoms with Gasteiger partial charge < -0.3 is 0 Å². The lowest BCUT2D eigenvalue weighted by Crippen LogP contribution is -1.94. The first-order valence-electron chi connectivity index (χ1n) is 5.47. The molecule has 0 radical (unpaired) electrons. The Labute approximate surface area is 121 Å². The monoisotopic (exact) mass is 333 g/mol. The Balaban J connectivity index is 2.11. The molecule has 0 aliphatic heterocycles. The van der Waals surface area contributed by atoms with E-state index in [1.54, 1.807) is 34.6 Å². The fourth-order valence-electron chi connectivity index (χ4n) is 1.73. The molecule has 0 aliphatic rings. The largest absolute Gasteiger partial charge is 0.298 e. The quantitative estimate of drug-likeness (QED) is 0.688. The second-order valence-electron chi connectivity index (χ2n) is 3.83. The van der Waals surface area contributed by atoms with Gasteiger partial charge in [0.25, 0.3) is 0 Å². The average molecular weight is 334 g/mol. The van der Waals surface area contributed by atoms with Crippen LogP contribution in [0.1, 0.15) is 10.4 Å². The van der Waals surface area contributed by atoms with Crippen LogP contribution in [0.15, 0.2) is 46.6 Å². The number of aromatic nitrogens is 3. The Bertz CT molecular complexity index is 721. The van der Waals surface area contributed by atoms with Crippen LogP contribution in [0.5, 0.6) is 0 Å². The molecule has 6 heteroatoms. The molecule has 0 spiro atoms. The Hall–Kier alpha value is -1.79. The van der Waals surface area contributed by atoms with Crippen molar-refractivity contribution in [3.63, 3.8) is 0 Å². The summed E-state index contributed by atoms with van der Waals surface area (Å²) < 4.78 is 2.68. The van der Waals surface area contributed by atoms with Crippen LogP contribution in [0.25, 0.3) is 16.3 Å². The number of carbonyl (C=O) groups excluding carboxylic acids is 1. The van der Waals surface area contributed by atoms with Gasteiger partial charge in [0.1, 0.15) is 5.69 Å². The molecular weight excluding hydrogens is 326 g/mol. The first-order chi connectivity index (χ1) is 9.28. The lowest BCUT2D eigenvalue weighted by atomic mass is 10.2. The summed E-state index contributed by atoms with van der Waals surface area (Å²) in [7, 11) is 0. The van der Waals surface area contributed by atoms with Crippen LogP contribution >= 0.6 is 27.3 Å². The molecule has 0 aliphatic carbocycles. The van der Waals surface area contributed by atoms with E-state index in [-0.39, 0.29) is 0 Å². The van der Waals surface area contributed by atoms with Crippen molar-refractivity contribution in [2.45, 2.75) is 0 Å². The van der Waals surface area contributed by atoms with E-state index in [9.17, 15) is 4.79 Å². The number of halogens is 1. The molecule has 0 saturated carbocycles. The van der Waals surface area contributed by atoms with E-state index in [0.717, 1.165) is 21.3 Å². The highest BCUT2D eigenvalue weighted by Gasteiger charge is 2.13. The maximum Gasteiger partial charge on any atom is 0.153 e. The van der Waals surface area contributed by atoms with Crippen molar-refractivity contribution in [1.29, 1.82) is 0 Å². The van der Waals surface area contributed by atoms with E-state index >= 15 is 0 Å². The first-order valence-corrected chi connectivity index (χ1v) is 7.15. The molecule has 3 aromatic rings. The van der Waals surface area contributed by atoms with Crippen LogP contribution in [0, 0.1) is 0 Å². The van der Waals surface area contributed by atoms with Gasteiger partial charge in [0.2, 0.25) is 0 Å². The van der Waals surface area contributed by atoms with Crippen molar-refractivity contribution in [3.8, 4) is 16.3 Å². The van der Waals surface area contributed by atoms with Gasteiger partial charge in [0.15, 0.2) is 6.29 Å². The van der Waals surface area contributed by atoms with Crippen molar-refractivity contribution in [1.82, 2.24) is 14.8 Å². The Morgan fingerprint density at radius 2 is 2.11 bits per heavy atom. The minimum atomic E-state index is 0.575. The number of thiophene rings is 1. The van der Waals surface area contributed by atoms with E-state index in [0.29, 0.717) is 11.3 Å². The zero-order valence-corrected chi connectivity index (χ0v) is 12.1. The fraction of sp³-hybridized carbons (Fsp3) is 0. The molecule has 0 amide bonds. The predicted octanol–water partition coefficient (Wildman–Crippen LogP) is 3.57. The average Bonchev–Trinajstić information content (AvgIpc) is 3.05. The third kappa shape index (κ3) is 2.36. The molecule has 0 saturated heterocycles. The van der Waals surface area contributed by atoms with E-state index in [1.807, 2.05) is 23.6 Å². The van der Waals surface area contributed by atoms with Gasteiger partial charge in [-0.15, -0.1) is 11.3 Å². The van der Waals surface area contributed by atoms with Gasteiger partial charge in [-0.25, -0.2) is 4.68 Å². The topological polar surface area (TPSA) is 47.8 Å². The number of nitrogens with zero attached hydrogens (tertiary/aromatic N) is 3. The first kappa shape index (κ1) is 12.3. The van der Waals surface area contributed by atoms with Crippen LogP contribution in [0.4, 0.5) is 0 Å². The number of hydrogen-bond acceptors (Lipinski definition) is 4. The minimum Gasteiger partial charge on any atom is -0.298 e. The summed E-state index contributed by atoms with van der Waals surface area (Å²) in [6, 6.07) is 5.64. The normalized spacial score (nSPS) is 10.6. The highest BCUT2D eigenvalue weighted by atomic mass is 79.9. The summed E-state index contributed by atoms with van der Waals surface area (Å²) in [4.78, 5) is 16.1. The van der Waals surface area contributed by atoms with Crippen molar-refractivity contribution in [3.05, 3.63) is 52.2 Å². The third-order valence-electron chi connectivity index (χ3n) is 2.60. The van der Waals surface area contributed by atoms with Gasteiger partial charge >= 0.3 is 0 Å². The second-order valence-corrected chi connectivity index (χ2v) is 5.66. The van der Waals surface area contributed by atoms with Crippen molar-refractivity contribution < 1.29 is 4.79 Å². The molecule has 3 aromatic heterocycles. The fourth-order valence-corrected chi connectivity index (χ4v) is 3.17. The number of pyridine rings is 1. The van der Waals surface area contributed by atoms with E-state index in [1.165, 1.54) is 0 Å². The van der Waals surface area contributed by atoms with Crippen molar-refractivity contribution in [2.75, 3.05) is 0 Å². The molecule has 19 heavy (non-hydrogen) atoms. The molecule has 4 nitrogen and oxygen atoms in total. The lowest BCUT2D eigenvalue weighted by molar-refractivity contribution is 0.112. The molecule has 0 aromatic carbocycles. The van der Waals surface area contributed by atoms with Gasteiger partial charge in [0, 0.05) is 28.4 Å². The Morgan fingerprint density at radius 1 is 1.32 bits per heavy atom. The summed E-state index contributed by atoms with van der Waals surface area (Å²) in [6.45, 7) is 0. The van der Waals surface area contributed by atoms with Gasteiger partial charge in [-0.05, 0) is 34.1 Å². The molecule has 3 rings (SSSR count). The standard InChI is InChI=1S/C13H8BrN3OS/c14-10-5-12(19-8-10)13-9(7-18)6-17(16-13)11-1-3-15-4-2-11/h1-8H. The number of hydrogen-bond donors (Lipinski definition) is 0. The number of carbonyl (C=O) groups is 1. The van der Waals surface area contributed by atoms with E-state index in [2.05, 4.69) is 26.0 Å². The van der Waals surface area contributed by atoms with Gasteiger partial charge in [-0.1, -0.05) is 0 Å². The lowest BCUT2D eigenvalue weighted by Gasteiger charge is -1.98. The minimum absolute atomic E-state index is 0.575. The molecule has 0 atom stereocenters. The van der Waals surface area contributed by atoms with Gasteiger partial charge in [-0.2, -0.15) is 5.10 Å². The SMILES string of the molecule is O=Cc1cn(-c2ccncc2)nc1-c1cc(Br)cs1. The third-order valence-corrected chi connectivity index (χ3v) is 4.30. The summed E-state index contributed by atoms with van der Waals surface area (Å²) in [6.07, 6.45) is 5.94. The van der Waals surface area contributed by atoms with E-state index in [4.69, 9.17) is 0 Å². The van der Waals surface area contributed by atoms with Crippen LogP contribution in [-0.4, -0.2) is 21.1 Å². The van der Waals surface area contributed by atoms with Crippen LogP contribution in [0.3, 0.4) is 0 Å². The second kappa shape index (κ2) is 5.07. The van der Waals surface area contributed by atoms with Crippen LogP contribution < -0.4 is 0 Å². The maximum atomic E-state index is 11.2. The molecule has 3 heterocycles. The molecule has 0 unspecified atom stereocenters. The zero-order chi connectivity index (χ0) is 13.2. The van der Waals surface area contributed by atoms with Crippen molar-refractivity contribution >= 4 is 33.6 Å². The van der Waals surface area contributed by atoms with Crippen molar-refractivity contribution in [2.24, 2.45) is 0 Å². The Kier molecular flexibility index (Phi) is 3.27. The number of rotatable bonds is 3. The molecular formula is C13H8BrN3OS. The van der Waals surface area contributed by atoms with Gasteiger partial charge in [0.05, 0.1) is 16.1 Å². The van der Waals surface area contributed by atoms with Crippen LogP contribution in [0.2, 0.25) is 0 Å². The molecule has 94 valence electrons. The van der Waals surface area contributed by atoms with E-state index < -0.39 is 0 Å². The van der Waals surface area contributed by atoms with Crippen LogP contribution in [-0.2, 0) is 0 Å². The number of aldehydes is 1. The van der Waals surface area contributed by atoms with Gasteiger partial charge in [-0.3, -0.25) is 9.78 Å². The molecule has 0 fully saturated rings. The summed E-state index contributed by atoms with van der Waals surface area (Å²) in [5, 5.41) is 6.45. The predicted molar refractivity (Wildman–Crippen MR) is 77.8 cm³/mol. The summed E-state index contributed by atoms with van der Waals surface area (Å²) in [5.41, 5.74) is 2.15. The maximum absolute atomic E-state index is 11.2. The summed E-state index contributed by atoms with van der Waals surface area (Å²) >= 11 is 4.95.